The molecular weight excluding hydrogens is 259 g/mol. The summed E-state index contributed by atoms with van der Waals surface area (Å²) in [7, 11) is -9.62. The molecule has 0 atom stereocenters. The van der Waals surface area contributed by atoms with Gasteiger partial charge in [-0.25, -0.2) is 0 Å². The summed E-state index contributed by atoms with van der Waals surface area (Å²) < 4.78 is 64.8. The van der Waals surface area contributed by atoms with Gasteiger partial charge in [0, 0.05) is 0 Å². The second-order valence-corrected chi connectivity index (χ2v) is 6.77. The van der Waals surface area contributed by atoms with Gasteiger partial charge in [0.1, 0.15) is 4.90 Å². The zero-order valence-corrected chi connectivity index (χ0v) is 11.1. The van der Waals surface area contributed by atoms with Gasteiger partial charge < -0.3 is 0 Å². The van der Waals surface area contributed by atoms with Gasteiger partial charge in [-0.05, 0) is 62.4 Å². The highest BCUT2D eigenvalue weighted by atomic mass is 32.5. The number of hydrogen-bond acceptors (Lipinski definition) is 0. The second kappa shape index (κ2) is 2.96. The van der Waals surface area contributed by atoms with Gasteiger partial charge in [-0.15, -0.1) is 0 Å². The van der Waals surface area contributed by atoms with Crippen molar-refractivity contribution in [2.75, 3.05) is 0 Å². The Bertz CT molecular complexity index is 469. The van der Waals surface area contributed by atoms with Gasteiger partial charge in [0.15, 0.2) is 0 Å². The van der Waals surface area contributed by atoms with Crippen LogP contribution in [0.5, 0.6) is 0 Å². The lowest BCUT2D eigenvalue weighted by Gasteiger charge is -2.43. The summed E-state index contributed by atoms with van der Waals surface area (Å²) in [5, 5.41) is 0. The molecule has 6 heteroatoms. The predicted molar refractivity (Wildman–Crippen MR) is 61.5 cm³/mol. The molecule has 1 rings (SSSR count). The lowest BCUT2D eigenvalue weighted by molar-refractivity contribution is 0.362. The van der Waals surface area contributed by atoms with Gasteiger partial charge >= 0.3 is 10.2 Å². The van der Waals surface area contributed by atoms with Gasteiger partial charge in [-0.3, -0.25) is 0 Å². The SMILES string of the molecule is Cc1c(C)c(C)c(S(F)(F)(F)(F)F)c(C)c1C. The molecule has 0 N–H and O–H groups in total. The van der Waals surface area contributed by atoms with Crippen LogP contribution < -0.4 is 0 Å². The number of benzene rings is 1. The lowest BCUT2D eigenvalue weighted by atomic mass is 9.95. The first-order valence-corrected chi connectivity index (χ1v) is 6.93. The average Bonchev–Trinajstić information content (AvgIpc) is 2.07. The van der Waals surface area contributed by atoms with Crippen molar-refractivity contribution in [3.63, 3.8) is 0 Å². The Morgan fingerprint density at radius 2 is 0.765 bits per heavy atom. The molecule has 0 radical (unpaired) electrons. The van der Waals surface area contributed by atoms with Gasteiger partial charge in [-0.1, -0.05) is 19.4 Å². The number of halogens is 5. The molecule has 0 aliphatic heterocycles. The zero-order chi connectivity index (χ0) is 13.9. The highest BCUT2D eigenvalue weighted by Gasteiger charge is 2.67. The second-order valence-electron chi connectivity index (χ2n) is 4.42. The fraction of sp³-hybridized carbons (Fsp3) is 0.455. The van der Waals surface area contributed by atoms with Crippen molar-refractivity contribution in [3.05, 3.63) is 27.8 Å². The van der Waals surface area contributed by atoms with E-state index in [0.29, 0.717) is 5.56 Å². The van der Waals surface area contributed by atoms with Crippen LogP contribution >= 0.6 is 10.2 Å². The molecule has 0 heterocycles. The monoisotopic (exact) mass is 274 g/mol. The van der Waals surface area contributed by atoms with E-state index in [1.54, 1.807) is 6.92 Å². The Morgan fingerprint density at radius 1 is 0.529 bits per heavy atom. The summed E-state index contributed by atoms with van der Waals surface area (Å²) in [5.41, 5.74) is 0.438. The Labute approximate surface area is 97.6 Å². The first kappa shape index (κ1) is 14.3. The molecule has 0 bridgehead atoms. The standard InChI is InChI=1S/C11H15F5S/c1-6-7(2)9(4)11(10(5)8(6)3)17(12,13,14,15)16/h1-5H3. The van der Waals surface area contributed by atoms with E-state index < -0.39 is 15.1 Å². The fourth-order valence-corrected chi connectivity index (χ4v) is 3.51. The van der Waals surface area contributed by atoms with Crippen LogP contribution in [0.3, 0.4) is 0 Å². The van der Waals surface area contributed by atoms with Crippen molar-refractivity contribution < 1.29 is 19.4 Å². The summed E-state index contributed by atoms with van der Waals surface area (Å²) in [4.78, 5) is -1.72. The van der Waals surface area contributed by atoms with E-state index in [4.69, 9.17) is 0 Å². The lowest BCUT2D eigenvalue weighted by Crippen LogP contribution is -2.13. The van der Waals surface area contributed by atoms with Gasteiger partial charge in [-0.2, -0.15) is 0 Å². The average molecular weight is 274 g/mol. The van der Waals surface area contributed by atoms with Crippen LogP contribution in [0.15, 0.2) is 4.90 Å². The molecule has 0 saturated heterocycles. The van der Waals surface area contributed by atoms with Crippen LogP contribution in [0.2, 0.25) is 0 Å². The minimum atomic E-state index is -9.62. The maximum absolute atomic E-state index is 13.0. The normalized spacial score (nSPS) is 16.6. The quantitative estimate of drug-likeness (QED) is 0.560. The Balaban J connectivity index is 3.95. The molecule has 0 amide bonds. The fourth-order valence-electron chi connectivity index (χ4n) is 2.04. The molecule has 0 spiro atoms. The van der Waals surface area contributed by atoms with E-state index >= 15 is 0 Å². The molecule has 1 aromatic rings. The smallest absolute Gasteiger partial charge is 0.0936 e. The van der Waals surface area contributed by atoms with Crippen LogP contribution in [-0.4, -0.2) is 0 Å². The highest BCUT2D eigenvalue weighted by molar-refractivity contribution is 8.45. The Kier molecular flexibility index (Phi) is 2.49. The van der Waals surface area contributed by atoms with E-state index in [-0.39, 0.29) is 22.3 Å². The van der Waals surface area contributed by atoms with Crippen molar-refractivity contribution in [3.8, 4) is 0 Å². The molecule has 0 saturated carbocycles. The predicted octanol–water partition coefficient (Wildman–Crippen LogP) is 5.89. The van der Waals surface area contributed by atoms with Gasteiger partial charge in [0.25, 0.3) is 0 Å². The molecular formula is C11H15F5S. The maximum Gasteiger partial charge on any atom is 0.310 e. The maximum atomic E-state index is 13.0. The van der Waals surface area contributed by atoms with Crippen molar-refractivity contribution in [1.29, 1.82) is 0 Å². The van der Waals surface area contributed by atoms with E-state index in [9.17, 15) is 19.4 Å². The molecule has 0 aromatic heterocycles. The number of rotatable bonds is 1. The van der Waals surface area contributed by atoms with Crippen molar-refractivity contribution in [2.45, 2.75) is 39.5 Å². The van der Waals surface area contributed by atoms with E-state index in [0.717, 1.165) is 13.8 Å². The summed E-state index contributed by atoms with van der Waals surface area (Å²) in [6.45, 7) is 6.71. The summed E-state index contributed by atoms with van der Waals surface area (Å²) in [5.74, 6) is 0. The minimum absolute atomic E-state index is 0.274. The zero-order valence-electron chi connectivity index (χ0n) is 10.3. The van der Waals surface area contributed by atoms with Crippen LogP contribution in [0.1, 0.15) is 27.8 Å². The third kappa shape index (κ3) is 2.41. The third-order valence-corrected chi connectivity index (χ3v) is 4.70. The van der Waals surface area contributed by atoms with E-state index in [1.165, 1.54) is 13.8 Å². The van der Waals surface area contributed by atoms with E-state index in [2.05, 4.69) is 0 Å². The van der Waals surface area contributed by atoms with Crippen molar-refractivity contribution >= 4 is 10.2 Å². The first-order valence-electron chi connectivity index (χ1n) is 4.98. The third-order valence-electron chi connectivity index (χ3n) is 3.32. The van der Waals surface area contributed by atoms with Gasteiger partial charge in [0.2, 0.25) is 0 Å². The molecule has 1 aromatic carbocycles. The van der Waals surface area contributed by atoms with Crippen LogP contribution in [-0.2, 0) is 0 Å². The largest absolute Gasteiger partial charge is 0.310 e. The Morgan fingerprint density at radius 3 is 1.00 bits per heavy atom. The molecule has 0 aliphatic carbocycles. The van der Waals surface area contributed by atoms with E-state index in [1.807, 2.05) is 0 Å². The topological polar surface area (TPSA) is 0 Å². The molecule has 0 aliphatic rings. The summed E-state index contributed by atoms with van der Waals surface area (Å²) in [6.07, 6.45) is 0. The van der Waals surface area contributed by atoms with Crippen molar-refractivity contribution in [2.24, 2.45) is 0 Å². The van der Waals surface area contributed by atoms with Crippen molar-refractivity contribution in [1.82, 2.24) is 0 Å². The van der Waals surface area contributed by atoms with Gasteiger partial charge in [0.05, 0.1) is 0 Å². The molecule has 0 unspecified atom stereocenters. The molecule has 0 fully saturated rings. The molecule has 0 nitrogen and oxygen atoms in total. The van der Waals surface area contributed by atoms with Crippen LogP contribution in [0.25, 0.3) is 0 Å². The molecule has 17 heavy (non-hydrogen) atoms. The summed E-state index contributed by atoms with van der Waals surface area (Å²) >= 11 is 0. The Hall–Kier alpha value is -0.780. The van der Waals surface area contributed by atoms with Crippen LogP contribution in [0.4, 0.5) is 19.4 Å². The van der Waals surface area contributed by atoms with Crippen LogP contribution in [0, 0.1) is 34.6 Å². The highest BCUT2D eigenvalue weighted by Crippen LogP contribution is 3.02. The minimum Gasteiger partial charge on any atom is -0.0936 e. The summed E-state index contributed by atoms with van der Waals surface area (Å²) in [6, 6.07) is 0. The number of hydrogen-bond donors (Lipinski definition) is 0. The first-order chi connectivity index (χ1) is 7.16. The molecule has 100 valence electrons.